The molecule has 0 aliphatic heterocycles. The molecule has 0 saturated carbocycles. The lowest BCUT2D eigenvalue weighted by atomic mass is 10.1. The fourth-order valence-corrected chi connectivity index (χ4v) is 3.35. The largest absolute Gasteiger partial charge is 0.489 e. The number of aromatic nitrogens is 2. The topological polar surface area (TPSA) is 69.4 Å². The van der Waals surface area contributed by atoms with Gasteiger partial charge in [0.2, 0.25) is 5.82 Å². The number of nitrogens with zero attached hydrogens (tertiary/aromatic N) is 2. The number of halogens is 1. The molecule has 0 saturated heterocycles. The summed E-state index contributed by atoms with van der Waals surface area (Å²) in [7, 11) is 0. The van der Waals surface area contributed by atoms with E-state index >= 15 is 0 Å². The summed E-state index contributed by atoms with van der Waals surface area (Å²) in [4.78, 5) is 4.53. The molecule has 0 aliphatic carbocycles. The van der Waals surface area contributed by atoms with Crippen molar-refractivity contribution in [3.05, 3.63) is 53.1 Å². The molecule has 1 atom stereocenters. The lowest BCUT2D eigenvalue weighted by Crippen LogP contribution is -2.28. The Morgan fingerprint density at radius 2 is 1.73 bits per heavy atom. The average molecular weight is 472 g/mol. The standard InChI is InChI=1S/C26H34ClN3O3/c1-17(2)32-23-12-11-21(13-22(23)27)24-29-25(33-30-24)20-9-7-19(8-10-20)15-28-14-18(3)16-31-26(4,5)6/h7-13,17-18,28H,14-16H2,1-6H3. The van der Waals surface area contributed by atoms with Crippen LogP contribution in [0.1, 0.15) is 47.1 Å². The van der Waals surface area contributed by atoms with Gasteiger partial charge in [0, 0.05) is 24.2 Å². The third-order valence-corrected chi connectivity index (χ3v) is 5.10. The van der Waals surface area contributed by atoms with Gasteiger partial charge in [0.25, 0.3) is 5.89 Å². The number of ether oxygens (including phenoxy) is 2. The molecule has 6 nitrogen and oxygen atoms in total. The molecule has 0 fully saturated rings. The fraction of sp³-hybridized carbons (Fsp3) is 0.462. The maximum atomic E-state index is 6.34. The minimum Gasteiger partial charge on any atom is -0.489 e. The second kappa shape index (κ2) is 11.1. The van der Waals surface area contributed by atoms with Crippen LogP contribution in [0.2, 0.25) is 5.02 Å². The second-order valence-corrected chi connectivity index (χ2v) is 10.00. The van der Waals surface area contributed by atoms with E-state index in [9.17, 15) is 0 Å². The molecule has 1 aromatic heterocycles. The molecule has 0 bridgehead atoms. The number of hydrogen-bond donors (Lipinski definition) is 1. The van der Waals surface area contributed by atoms with E-state index in [1.54, 1.807) is 6.07 Å². The highest BCUT2D eigenvalue weighted by atomic mass is 35.5. The minimum absolute atomic E-state index is 0.0502. The zero-order valence-corrected chi connectivity index (χ0v) is 21.1. The molecule has 1 N–H and O–H groups in total. The van der Waals surface area contributed by atoms with Crippen LogP contribution in [0.25, 0.3) is 22.8 Å². The third-order valence-electron chi connectivity index (χ3n) is 4.80. The molecule has 2 aromatic carbocycles. The van der Waals surface area contributed by atoms with Crippen molar-refractivity contribution in [2.45, 2.75) is 59.8 Å². The molecular formula is C26H34ClN3O3. The Labute approximate surface area is 201 Å². The maximum absolute atomic E-state index is 6.34. The molecule has 178 valence electrons. The first-order valence-electron chi connectivity index (χ1n) is 11.3. The van der Waals surface area contributed by atoms with E-state index in [1.807, 2.05) is 38.1 Å². The molecule has 3 rings (SSSR count). The highest BCUT2D eigenvalue weighted by molar-refractivity contribution is 6.32. The number of rotatable bonds is 10. The zero-order chi connectivity index (χ0) is 24.0. The Bertz CT molecular complexity index is 1030. The predicted molar refractivity (Wildman–Crippen MR) is 133 cm³/mol. The molecule has 0 aliphatic rings. The molecule has 1 unspecified atom stereocenters. The first-order chi connectivity index (χ1) is 15.6. The van der Waals surface area contributed by atoms with Crippen molar-refractivity contribution in [2.24, 2.45) is 5.92 Å². The van der Waals surface area contributed by atoms with E-state index in [4.69, 9.17) is 25.6 Å². The molecule has 33 heavy (non-hydrogen) atoms. The van der Waals surface area contributed by atoms with Crippen molar-refractivity contribution < 1.29 is 14.0 Å². The first-order valence-corrected chi connectivity index (χ1v) is 11.7. The van der Waals surface area contributed by atoms with Crippen LogP contribution < -0.4 is 10.1 Å². The molecule has 1 heterocycles. The van der Waals surface area contributed by atoms with Gasteiger partial charge in [0.1, 0.15) is 5.75 Å². The van der Waals surface area contributed by atoms with E-state index in [-0.39, 0.29) is 11.7 Å². The highest BCUT2D eigenvalue weighted by Crippen LogP contribution is 2.31. The minimum atomic E-state index is -0.101. The lowest BCUT2D eigenvalue weighted by molar-refractivity contribution is -0.0192. The number of hydrogen-bond acceptors (Lipinski definition) is 6. The summed E-state index contributed by atoms with van der Waals surface area (Å²) in [5.74, 6) is 2.04. The van der Waals surface area contributed by atoms with Gasteiger partial charge in [-0.1, -0.05) is 35.8 Å². The number of benzene rings is 2. The van der Waals surface area contributed by atoms with Crippen molar-refractivity contribution in [2.75, 3.05) is 13.2 Å². The van der Waals surface area contributed by atoms with Crippen molar-refractivity contribution in [1.82, 2.24) is 15.5 Å². The summed E-state index contributed by atoms with van der Waals surface area (Å²) in [5.41, 5.74) is 2.73. The average Bonchev–Trinajstić information content (AvgIpc) is 3.24. The summed E-state index contributed by atoms with van der Waals surface area (Å²) in [6.07, 6.45) is 0.0502. The quantitative estimate of drug-likeness (QED) is 0.369. The van der Waals surface area contributed by atoms with E-state index in [1.165, 1.54) is 5.56 Å². The van der Waals surface area contributed by atoms with Gasteiger partial charge in [0.15, 0.2) is 0 Å². The van der Waals surface area contributed by atoms with Crippen LogP contribution in [0, 0.1) is 5.92 Å². The van der Waals surface area contributed by atoms with Crippen LogP contribution in [-0.4, -0.2) is 35.0 Å². The van der Waals surface area contributed by atoms with Gasteiger partial charge in [-0.2, -0.15) is 4.98 Å². The fourth-order valence-electron chi connectivity index (χ4n) is 3.13. The van der Waals surface area contributed by atoms with E-state index in [0.717, 1.165) is 30.8 Å². The van der Waals surface area contributed by atoms with Crippen molar-refractivity contribution >= 4 is 11.6 Å². The van der Waals surface area contributed by atoms with Crippen LogP contribution in [0.5, 0.6) is 5.75 Å². The van der Waals surface area contributed by atoms with E-state index in [0.29, 0.717) is 28.4 Å². The van der Waals surface area contributed by atoms with Crippen LogP contribution >= 0.6 is 11.6 Å². The second-order valence-electron chi connectivity index (χ2n) is 9.59. The van der Waals surface area contributed by atoms with E-state index < -0.39 is 0 Å². The predicted octanol–water partition coefficient (Wildman–Crippen LogP) is 6.39. The summed E-state index contributed by atoms with van der Waals surface area (Å²) in [6.45, 7) is 14.8. The molecule has 3 aromatic rings. The Kier molecular flexibility index (Phi) is 8.51. The zero-order valence-electron chi connectivity index (χ0n) is 20.3. The molecule has 7 heteroatoms. The summed E-state index contributed by atoms with van der Waals surface area (Å²) in [5, 5.41) is 8.12. The van der Waals surface area contributed by atoms with E-state index in [2.05, 4.69) is 55.3 Å². The van der Waals surface area contributed by atoms with Crippen molar-refractivity contribution in [3.63, 3.8) is 0 Å². The Morgan fingerprint density at radius 3 is 2.36 bits per heavy atom. The monoisotopic (exact) mass is 471 g/mol. The molecule has 0 amide bonds. The van der Waals surface area contributed by atoms with Gasteiger partial charge in [-0.3, -0.25) is 0 Å². The van der Waals surface area contributed by atoms with Gasteiger partial charge >= 0.3 is 0 Å². The Balaban J connectivity index is 1.56. The van der Waals surface area contributed by atoms with Gasteiger partial charge in [-0.15, -0.1) is 0 Å². The maximum Gasteiger partial charge on any atom is 0.258 e. The molecule has 0 spiro atoms. The molecular weight excluding hydrogens is 438 g/mol. The normalized spacial score (nSPS) is 12.8. The molecule has 0 radical (unpaired) electrons. The summed E-state index contributed by atoms with van der Waals surface area (Å²) < 4.78 is 17.0. The van der Waals surface area contributed by atoms with Crippen molar-refractivity contribution in [1.29, 1.82) is 0 Å². The SMILES string of the molecule is CC(CNCc1ccc(-c2nc(-c3ccc(OC(C)C)c(Cl)c3)no2)cc1)COC(C)(C)C. The van der Waals surface area contributed by atoms with Crippen LogP contribution in [-0.2, 0) is 11.3 Å². The van der Waals surface area contributed by atoms with Gasteiger partial charge in [0.05, 0.1) is 23.3 Å². The van der Waals surface area contributed by atoms with Crippen molar-refractivity contribution in [3.8, 4) is 28.6 Å². The highest BCUT2D eigenvalue weighted by Gasteiger charge is 2.14. The Hall–Kier alpha value is -2.41. The van der Waals surface area contributed by atoms with Gasteiger partial charge in [-0.25, -0.2) is 0 Å². The summed E-state index contributed by atoms with van der Waals surface area (Å²) in [6, 6.07) is 13.6. The van der Waals surface area contributed by atoms with Gasteiger partial charge in [-0.05, 0) is 76.4 Å². The number of nitrogens with one attached hydrogen (secondary N) is 1. The van der Waals surface area contributed by atoms with Gasteiger partial charge < -0.3 is 19.3 Å². The lowest BCUT2D eigenvalue weighted by Gasteiger charge is -2.22. The smallest absolute Gasteiger partial charge is 0.258 e. The third kappa shape index (κ3) is 7.84. The Morgan fingerprint density at radius 1 is 1.03 bits per heavy atom. The van der Waals surface area contributed by atoms with Crippen LogP contribution in [0.15, 0.2) is 47.0 Å². The summed E-state index contributed by atoms with van der Waals surface area (Å²) >= 11 is 6.34. The first kappa shape index (κ1) is 25.2. The van der Waals surface area contributed by atoms with Crippen LogP contribution in [0.3, 0.4) is 0 Å². The van der Waals surface area contributed by atoms with Crippen LogP contribution in [0.4, 0.5) is 0 Å².